The molecule has 34 heavy (non-hydrogen) atoms. The lowest BCUT2D eigenvalue weighted by atomic mass is 9.92. The molecule has 2 nitrogen and oxygen atoms in total. The molecule has 0 bridgehead atoms. The minimum atomic E-state index is 0.790. The number of hydrogen-bond donors (Lipinski definition) is 1. The maximum atomic E-state index is 6.23. The van der Waals surface area contributed by atoms with Crippen molar-refractivity contribution in [3.8, 4) is 11.1 Å². The Morgan fingerprint density at radius 2 is 1.44 bits per heavy atom. The second kappa shape index (κ2) is 7.36. The summed E-state index contributed by atoms with van der Waals surface area (Å²) >= 11 is 0. The summed E-state index contributed by atoms with van der Waals surface area (Å²) in [5.74, 6) is 0. The number of nitrogen functional groups attached to an aromatic ring is 1. The van der Waals surface area contributed by atoms with E-state index in [1.165, 1.54) is 54.7 Å². The van der Waals surface area contributed by atoms with Gasteiger partial charge in [0.1, 0.15) is 0 Å². The molecule has 5 aromatic carbocycles. The molecular formula is C32H24N2. The Morgan fingerprint density at radius 3 is 2.29 bits per heavy atom. The number of nitrogens with two attached hydrogens (primary N) is 1. The highest BCUT2D eigenvalue weighted by atomic mass is 15.0. The fourth-order valence-corrected chi connectivity index (χ4v) is 5.54. The van der Waals surface area contributed by atoms with E-state index >= 15 is 0 Å². The van der Waals surface area contributed by atoms with Crippen molar-refractivity contribution < 1.29 is 0 Å². The van der Waals surface area contributed by atoms with Gasteiger partial charge in [0.2, 0.25) is 0 Å². The van der Waals surface area contributed by atoms with Crippen molar-refractivity contribution in [2.24, 2.45) is 0 Å². The molecule has 0 unspecified atom stereocenters. The first kappa shape index (κ1) is 19.2. The first-order valence-corrected chi connectivity index (χ1v) is 11.9. The molecule has 0 fully saturated rings. The minimum Gasteiger partial charge on any atom is -0.399 e. The number of benzene rings is 5. The zero-order valence-corrected chi connectivity index (χ0v) is 18.8. The van der Waals surface area contributed by atoms with Crippen LogP contribution in [0.2, 0.25) is 0 Å². The first-order chi connectivity index (χ1) is 16.8. The number of nitrogens with zero attached hydrogens (tertiary/aromatic N) is 1. The average molecular weight is 437 g/mol. The Labute approximate surface area is 198 Å². The van der Waals surface area contributed by atoms with Crippen molar-refractivity contribution in [1.82, 2.24) is 4.57 Å². The van der Waals surface area contributed by atoms with Crippen LogP contribution in [0.25, 0.3) is 60.2 Å². The molecular weight excluding hydrogens is 412 g/mol. The smallest absolute Gasteiger partial charge is 0.0561 e. The lowest BCUT2D eigenvalue weighted by molar-refractivity contribution is 1.02. The topological polar surface area (TPSA) is 30.9 Å². The third kappa shape index (κ3) is 2.82. The standard InChI is InChI=1S/C32H24N2/c33-23-15-16-28-30-19-22(14-17-31(30)34(32(28)20-23)24-9-2-1-3-10-24)29-18-21-8-4-5-11-25(21)26-12-6-7-13-27(26)29/h2,4-20H,1,3,33H2. The molecule has 6 aromatic rings. The largest absolute Gasteiger partial charge is 0.399 e. The highest BCUT2D eigenvalue weighted by Gasteiger charge is 2.16. The molecule has 1 aliphatic rings. The zero-order chi connectivity index (χ0) is 22.6. The molecule has 0 amide bonds. The van der Waals surface area contributed by atoms with Crippen LogP contribution in [-0.4, -0.2) is 4.57 Å². The van der Waals surface area contributed by atoms with Gasteiger partial charge in [-0.05, 0) is 81.9 Å². The highest BCUT2D eigenvalue weighted by Crippen LogP contribution is 2.39. The summed E-state index contributed by atoms with van der Waals surface area (Å²) in [4.78, 5) is 0. The van der Waals surface area contributed by atoms with Crippen LogP contribution in [0.3, 0.4) is 0 Å². The van der Waals surface area contributed by atoms with E-state index < -0.39 is 0 Å². The van der Waals surface area contributed by atoms with E-state index in [4.69, 9.17) is 5.73 Å². The molecule has 1 heterocycles. The molecule has 1 aliphatic carbocycles. The van der Waals surface area contributed by atoms with Gasteiger partial charge in [0.25, 0.3) is 0 Å². The molecule has 1 aromatic heterocycles. The van der Waals surface area contributed by atoms with Crippen molar-refractivity contribution in [3.63, 3.8) is 0 Å². The molecule has 0 spiro atoms. The van der Waals surface area contributed by atoms with E-state index in [2.05, 4.69) is 108 Å². The molecule has 0 radical (unpaired) electrons. The van der Waals surface area contributed by atoms with Gasteiger partial charge in [-0.1, -0.05) is 72.8 Å². The molecule has 2 N–H and O–H groups in total. The number of rotatable bonds is 2. The summed E-state index contributed by atoms with van der Waals surface area (Å²) in [5.41, 5.74) is 13.1. The fraction of sp³-hybridized carbons (Fsp3) is 0.0625. The lowest BCUT2D eigenvalue weighted by Crippen LogP contribution is -1.97. The number of aromatic nitrogens is 1. The summed E-state index contributed by atoms with van der Waals surface area (Å²) in [6, 6.07) is 32.9. The number of fused-ring (bicyclic) bond motifs is 6. The Bertz CT molecular complexity index is 1810. The van der Waals surface area contributed by atoms with Crippen molar-refractivity contribution in [3.05, 3.63) is 109 Å². The summed E-state index contributed by atoms with van der Waals surface area (Å²) in [6.45, 7) is 0. The summed E-state index contributed by atoms with van der Waals surface area (Å²) < 4.78 is 2.36. The third-order valence-electron chi connectivity index (χ3n) is 7.10. The van der Waals surface area contributed by atoms with Gasteiger partial charge in [-0.15, -0.1) is 0 Å². The summed E-state index contributed by atoms with van der Waals surface area (Å²) in [6.07, 6.45) is 8.98. The summed E-state index contributed by atoms with van der Waals surface area (Å²) in [7, 11) is 0. The number of anilines is 1. The van der Waals surface area contributed by atoms with E-state index in [0.717, 1.165) is 24.0 Å². The van der Waals surface area contributed by atoms with Gasteiger partial charge in [-0.3, -0.25) is 0 Å². The van der Waals surface area contributed by atoms with Gasteiger partial charge in [0.05, 0.1) is 11.0 Å². The van der Waals surface area contributed by atoms with Crippen molar-refractivity contribution >= 4 is 54.7 Å². The molecule has 2 heteroatoms. The maximum absolute atomic E-state index is 6.23. The van der Waals surface area contributed by atoms with E-state index in [-0.39, 0.29) is 0 Å². The van der Waals surface area contributed by atoms with Crippen LogP contribution in [0.15, 0.2) is 109 Å². The van der Waals surface area contributed by atoms with Crippen LogP contribution in [0, 0.1) is 0 Å². The molecule has 0 aliphatic heterocycles. The van der Waals surface area contributed by atoms with E-state index in [9.17, 15) is 0 Å². The van der Waals surface area contributed by atoms with Crippen LogP contribution >= 0.6 is 0 Å². The van der Waals surface area contributed by atoms with Crippen molar-refractivity contribution in [2.45, 2.75) is 12.8 Å². The Kier molecular flexibility index (Phi) is 4.16. The van der Waals surface area contributed by atoms with Crippen molar-refractivity contribution in [2.75, 3.05) is 5.73 Å². The quantitative estimate of drug-likeness (QED) is 0.214. The van der Waals surface area contributed by atoms with Crippen molar-refractivity contribution in [1.29, 1.82) is 0 Å². The average Bonchev–Trinajstić information content (AvgIpc) is 3.21. The normalized spacial score (nSPS) is 13.8. The van der Waals surface area contributed by atoms with Crippen LogP contribution in [0.4, 0.5) is 5.69 Å². The van der Waals surface area contributed by atoms with Crippen LogP contribution in [0.1, 0.15) is 12.8 Å². The highest BCUT2D eigenvalue weighted by molar-refractivity contribution is 6.16. The second-order valence-corrected chi connectivity index (χ2v) is 9.14. The zero-order valence-electron chi connectivity index (χ0n) is 18.8. The Balaban J connectivity index is 1.55. The van der Waals surface area contributed by atoms with Crippen LogP contribution in [-0.2, 0) is 0 Å². The third-order valence-corrected chi connectivity index (χ3v) is 7.10. The molecule has 162 valence electrons. The second-order valence-electron chi connectivity index (χ2n) is 9.14. The van der Waals surface area contributed by atoms with E-state index in [1.807, 2.05) is 6.07 Å². The fourth-order valence-electron chi connectivity index (χ4n) is 5.54. The molecule has 0 saturated carbocycles. The van der Waals surface area contributed by atoms with Gasteiger partial charge in [-0.2, -0.15) is 0 Å². The number of hydrogen-bond acceptors (Lipinski definition) is 1. The minimum absolute atomic E-state index is 0.790. The Hall–Kier alpha value is -4.30. The number of allylic oxidation sites excluding steroid dienone is 4. The SMILES string of the molecule is Nc1ccc2c3cc(-c4cc5ccccc5c5ccccc45)ccc3n(C3=CCCC=C3)c2c1. The maximum Gasteiger partial charge on any atom is 0.0561 e. The monoisotopic (exact) mass is 436 g/mol. The van der Waals surface area contributed by atoms with Gasteiger partial charge < -0.3 is 10.3 Å². The van der Waals surface area contributed by atoms with E-state index in [0.29, 0.717) is 0 Å². The molecule has 0 atom stereocenters. The van der Waals surface area contributed by atoms with Gasteiger partial charge >= 0.3 is 0 Å². The first-order valence-electron chi connectivity index (χ1n) is 11.9. The van der Waals surface area contributed by atoms with Gasteiger partial charge in [0, 0.05) is 22.2 Å². The van der Waals surface area contributed by atoms with Gasteiger partial charge in [-0.25, -0.2) is 0 Å². The summed E-state index contributed by atoms with van der Waals surface area (Å²) in [5, 5.41) is 7.63. The Morgan fingerprint density at radius 1 is 0.618 bits per heavy atom. The van der Waals surface area contributed by atoms with E-state index in [1.54, 1.807) is 0 Å². The van der Waals surface area contributed by atoms with Crippen LogP contribution < -0.4 is 5.73 Å². The van der Waals surface area contributed by atoms with Gasteiger partial charge in [0.15, 0.2) is 0 Å². The lowest BCUT2D eigenvalue weighted by Gasteiger charge is -2.13. The predicted octanol–water partition coefficient (Wildman–Crippen LogP) is 8.54. The van der Waals surface area contributed by atoms with Crippen LogP contribution in [0.5, 0.6) is 0 Å². The molecule has 0 saturated heterocycles. The predicted molar refractivity (Wildman–Crippen MR) is 147 cm³/mol. The molecule has 7 rings (SSSR count).